The Hall–Kier alpha value is -1.32. The maximum Gasteiger partial charge on any atom is 0.323 e. The van der Waals surface area contributed by atoms with E-state index < -0.39 is 19.5 Å². The fourth-order valence-electron chi connectivity index (χ4n) is 3.16. The molecule has 0 amide bonds. The number of carbonyl (C=O) groups is 1. The fraction of sp³-hybridized carbons (Fsp3) is 0.696. The van der Waals surface area contributed by atoms with Crippen LogP contribution in [0, 0.1) is 0 Å². The van der Waals surface area contributed by atoms with Gasteiger partial charge in [-0.15, -0.1) is 0 Å². The van der Waals surface area contributed by atoms with Crippen LogP contribution in [0.1, 0.15) is 97.6 Å². The van der Waals surface area contributed by atoms with E-state index >= 15 is 0 Å². The van der Waals surface area contributed by atoms with Gasteiger partial charge in [-0.2, -0.15) is 0 Å². The van der Waals surface area contributed by atoms with Gasteiger partial charge in [0, 0.05) is 6.16 Å². The Labute approximate surface area is 177 Å². The summed E-state index contributed by atoms with van der Waals surface area (Å²) in [6.45, 7) is 15.8. The summed E-state index contributed by atoms with van der Waals surface area (Å²) in [4.78, 5) is 12.3. The molecule has 29 heavy (non-hydrogen) atoms. The maximum atomic E-state index is 13.8. The zero-order valence-electron chi connectivity index (χ0n) is 19.5. The summed E-state index contributed by atoms with van der Waals surface area (Å²) in [5, 5.41) is 2.98. The zero-order valence-corrected chi connectivity index (χ0v) is 20.3. The molecule has 0 saturated heterocycles. The van der Waals surface area contributed by atoms with E-state index in [2.05, 4.69) is 51.0 Å². The van der Waals surface area contributed by atoms with Gasteiger partial charge in [-0.1, -0.05) is 52.8 Å². The number of carbonyl (C=O) groups excluding carboxylic acids is 1. The SMILES string of the molecule is CCCP(=O)(N[C@@H](C)C(=O)OC(C)C)Oc1c(C(C)CC)cccc1C(C)CC. The first-order valence-electron chi connectivity index (χ1n) is 11.0. The molecular weight excluding hydrogens is 385 g/mol. The van der Waals surface area contributed by atoms with E-state index in [0.717, 1.165) is 24.0 Å². The Bertz CT molecular complexity index is 676. The van der Waals surface area contributed by atoms with E-state index in [-0.39, 0.29) is 17.9 Å². The number of benzene rings is 1. The van der Waals surface area contributed by atoms with E-state index in [1.807, 2.05) is 6.92 Å². The maximum absolute atomic E-state index is 13.8. The van der Waals surface area contributed by atoms with Gasteiger partial charge in [0.15, 0.2) is 0 Å². The van der Waals surface area contributed by atoms with E-state index in [9.17, 15) is 9.36 Å². The number of nitrogens with one attached hydrogen (secondary N) is 1. The number of hydrogen-bond donors (Lipinski definition) is 1. The van der Waals surface area contributed by atoms with Crippen LogP contribution in [0.3, 0.4) is 0 Å². The van der Waals surface area contributed by atoms with Gasteiger partial charge in [-0.3, -0.25) is 9.36 Å². The second kappa shape index (κ2) is 11.8. The third-order valence-electron chi connectivity index (χ3n) is 5.22. The predicted molar refractivity (Wildman–Crippen MR) is 121 cm³/mol. The zero-order chi connectivity index (χ0) is 22.2. The van der Waals surface area contributed by atoms with Crippen LogP contribution >= 0.6 is 7.52 Å². The lowest BCUT2D eigenvalue weighted by Gasteiger charge is -2.28. The Kier molecular flexibility index (Phi) is 10.4. The average molecular weight is 426 g/mol. The van der Waals surface area contributed by atoms with Crippen LogP contribution in [-0.2, 0) is 14.1 Å². The summed E-state index contributed by atoms with van der Waals surface area (Å²) in [6, 6.07) is 5.46. The molecule has 4 atom stereocenters. The first-order valence-corrected chi connectivity index (χ1v) is 12.8. The lowest BCUT2D eigenvalue weighted by molar-refractivity contribution is -0.149. The molecule has 5 nitrogen and oxygen atoms in total. The van der Waals surface area contributed by atoms with Crippen molar-refractivity contribution < 1.29 is 18.6 Å². The van der Waals surface area contributed by atoms with Gasteiger partial charge in [-0.25, -0.2) is 5.09 Å². The van der Waals surface area contributed by atoms with Gasteiger partial charge in [0.25, 0.3) is 0 Å². The van der Waals surface area contributed by atoms with Crippen LogP contribution < -0.4 is 9.61 Å². The molecule has 6 heteroatoms. The van der Waals surface area contributed by atoms with Crippen molar-refractivity contribution >= 4 is 13.5 Å². The summed E-state index contributed by atoms with van der Waals surface area (Å²) >= 11 is 0. The minimum Gasteiger partial charge on any atom is -0.462 e. The Balaban J connectivity index is 3.32. The first kappa shape index (κ1) is 25.7. The Morgan fingerprint density at radius 1 is 1.00 bits per heavy atom. The minimum atomic E-state index is -3.30. The molecule has 166 valence electrons. The highest BCUT2D eigenvalue weighted by molar-refractivity contribution is 7.57. The van der Waals surface area contributed by atoms with Crippen molar-refractivity contribution in [1.29, 1.82) is 0 Å². The molecule has 1 N–H and O–H groups in total. The molecular formula is C23H40NO4P. The molecule has 0 saturated carbocycles. The third-order valence-corrected chi connectivity index (χ3v) is 7.51. The smallest absolute Gasteiger partial charge is 0.323 e. The van der Waals surface area contributed by atoms with E-state index in [4.69, 9.17) is 9.26 Å². The van der Waals surface area contributed by atoms with E-state index in [1.54, 1.807) is 20.8 Å². The highest BCUT2D eigenvalue weighted by Crippen LogP contribution is 2.49. The predicted octanol–water partition coefficient (Wildman–Crippen LogP) is 6.63. The van der Waals surface area contributed by atoms with Crippen LogP contribution in [0.4, 0.5) is 0 Å². The average Bonchev–Trinajstić information content (AvgIpc) is 2.66. The molecule has 0 heterocycles. The quantitative estimate of drug-likeness (QED) is 0.301. The van der Waals surface area contributed by atoms with Crippen LogP contribution in [-0.4, -0.2) is 24.3 Å². The molecule has 0 radical (unpaired) electrons. The molecule has 0 bridgehead atoms. The van der Waals surface area contributed by atoms with Gasteiger partial charge in [0.05, 0.1) is 6.10 Å². The van der Waals surface area contributed by atoms with Gasteiger partial charge in [0.1, 0.15) is 11.8 Å². The molecule has 1 aromatic carbocycles. The Morgan fingerprint density at radius 3 is 1.93 bits per heavy atom. The summed E-state index contributed by atoms with van der Waals surface area (Å²) in [5.74, 6) is 0.863. The van der Waals surface area contributed by atoms with E-state index in [0.29, 0.717) is 18.3 Å². The monoisotopic (exact) mass is 425 g/mol. The van der Waals surface area contributed by atoms with Crippen LogP contribution in [0.5, 0.6) is 5.75 Å². The van der Waals surface area contributed by atoms with Crippen LogP contribution in [0.25, 0.3) is 0 Å². The highest BCUT2D eigenvalue weighted by atomic mass is 31.2. The highest BCUT2D eigenvalue weighted by Gasteiger charge is 2.32. The van der Waals surface area contributed by atoms with Gasteiger partial charge < -0.3 is 9.26 Å². The normalized spacial score (nSPS) is 16.7. The fourth-order valence-corrected chi connectivity index (χ4v) is 5.22. The van der Waals surface area contributed by atoms with Crippen molar-refractivity contribution in [2.75, 3.05) is 6.16 Å². The topological polar surface area (TPSA) is 64.6 Å². The number of para-hydroxylation sites is 1. The number of ether oxygens (including phenoxy) is 1. The number of esters is 1. The number of rotatable bonds is 12. The molecule has 0 aromatic heterocycles. The van der Waals surface area contributed by atoms with Gasteiger partial charge >= 0.3 is 13.5 Å². The molecule has 1 rings (SSSR count). The van der Waals surface area contributed by atoms with Crippen molar-refractivity contribution in [3.63, 3.8) is 0 Å². The molecule has 0 aliphatic carbocycles. The van der Waals surface area contributed by atoms with Crippen molar-refractivity contribution in [3.8, 4) is 5.75 Å². The summed E-state index contributed by atoms with van der Waals surface area (Å²) in [5.41, 5.74) is 2.14. The summed E-state index contributed by atoms with van der Waals surface area (Å²) in [6.07, 6.45) is 2.73. The third kappa shape index (κ3) is 7.46. The van der Waals surface area contributed by atoms with Gasteiger partial charge in [-0.05, 0) is 63.0 Å². The standard InChI is InChI=1S/C23H40NO4P/c1-9-15-29(26,24-19(8)23(25)27-16(4)5)28-22-20(17(6)10-2)13-12-14-21(22)18(7)11-3/h12-14,16-19H,9-11,15H2,1-8H3,(H,24,26)/t17?,18?,19-,29?/m0/s1. The molecule has 0 spiro atoms. The summed E-state index contributed by atoms with van der Waals surface area (Å²) in [7, 11) is -3.30. The largest absolute Gasteiger partial charge is 0.462 e. The molecule has 0 aliphatic rings. The van der Waals surface area contributed by atoms with Crippen LogP contribution in [0.2, 0.25) is 0 Å². The molecule has 0 aliphatic heterocycles. The van der Waals surface area contributed by atoms with Crippen molar-refractivity contribution in [2.45, 2.75) is 98.6 Å². The van der Waals surface area contributed by atoms with Crippen molar-refractivity contribution in [3.05, 3.63) is 29.3 Å². The lowest BCUT2D eigenvalue weighted by Crippen LogP contribution is -2.36. The summed E-state index contributed by atoms with van der Waals surface area (Å²) < 4.78 is 25.3. The lowest BCUT2D eigenvalue weighted by atomic mass is 9.90. The molecule has 1 aromatic rings. The van der Waals surface area contributed by atoms with Crippen LogP contribution in [0.15, 0.2) is 18.2 Å². The van der Waals surface area contributed by atoms with Gasteiger partial charge in [0.2, 0.25) is 0 Å². The van der Waals surface area contributed by atoms with E-state index in [1.165, 1.54) is 0 Å². The Morgan fingerprint density at radius 2 is 1.52 bits per heavy atom. The second-order valence-corrected chi connectivity index (χ2v) is 10.4. The number of hydrogen-bond acceptors (Lipinski definition) is 4. The van der Waals surface area contributed by atoms with Crippen molar-refractivity contribution in [2.24, 2.45) is 0 Å². The second-order valence-electron chi connectivity index (χ2n) is 8.21. The molecule has 0 fully saturated rings. The van der Waals surface area contributed by atoms with Crippen molar-refractivity contribution in [1.82, 2.24) is 5.09 Å². The minimum absolute atomic E-state index is 0.221. The molecule has 3 unspecified atom stereocenters. The first-order chi connectivity index (χ1) is 13.6.